The van der Waals surface area contributed by atoms with Gasteiger partial charge in [-0.3, -0.25) is 4.57 Å². The Balaban J connectivity index is 1.03. The normalized spacial score (nSPS) is 15.0. The maximum Gasteiger partial charge on any atom is 0.211 e. The van der Waals surface area contributed by atoms with Crippen LogP contribution in [0.3, 0.4) is 0 Å². The minimum absolute atomic E-state index is 0.295. The Bertz CT molecular complexity index is 3140. The highest BCUT2D eigenvalue weighted by molar-refractivity contribution is 6.17. The van der Waals surface area contributed by atoms with Crippen molar-refractivity contribution in [1.82, 2.24) is 14.5 Å². The summed E-state index contributed by atoms with van der Waals surface area (Å²) in [5, 5.41) is 7.41. The molecule has 0 amide bonds. The second kappa shape index (κ2) is 13.7. The van der Waals surface area contributed by atoms with Crippen molar-refractivity contribution in [2.75, 3.05) is 0 Å². The van der Waals surface area contributed by atoms with E-state index in [0.717, 1.165) is 46.5 Å². The van der Waals surface area contributed by atoms with Crippen LogP contribution >= 0.6 is 0 Å². The summed E-state index contributed by atoms with van der Waals surface area (Å²) in [6.07, 6.45) is 6.44. The molecule has 1 aliphatic heterocycles. The largest absolute Gasteiger partial charge is 0.330 e. The zero-order valence-corrected chi connectivity index (χ0v) is 32.5. The van der Waals surface area contributed by atoms with Gasteiger partial charge in [0.2, 0.25) is 5.96 Å². The highest BCUT2D eigenvalue weighted by Gasteiger charge is 2.25. The molecule has 5 heteroatoms. The minimum Gasteiger partial charge on any atom is -0.330 e. The van der Waals surface area contributed by atoms with E-state index in [1.165, 1.54) is 66.4 Å². The summed E-state index contributed by atoms with van der Waals surface area (Å²) in [4.78, 5) is 10.3. The van der Waals surface area contributed by atoms with Crippen molar-refractivity contribution < 1.29 is 0 Å². The van der Waals surface area contributed by atoms with Crippen molar-refractivity contribution in [3.8, 4) is 27.9 Å². The van der Waals surface area contributed by atoms with E-state index in [1.807, 2.05) is 24.3 Å². The van der Waals surface area contributed by atoms with Gasteiger partial charge in [-0.2, -0.15) is 4.99 Å². The van der Waals surface area contributed by atoms with Crippen LogP contribution in [0.2, 0.25) is 0 Å². The van der Waals surface area contributed by atoms with Crippen molar-refractivity contribution in [3.05, 3.63) is 203 Å². The van der Waals surface area contributed by atoms with E-state index in [2.05, 4.69) is 180 Å². The highest BCUT2D eigenvalue weighted by Crippen LogP contribution is 2.39. The number of hydrogen-bond donors (Lipinski definition) is 1. The summed E-state index contributed by atoms with van der Waals surface area (Å²) in [6.45, 7) is 4.37. The zero-order valence-electron chi connectivity index (χ0n) is 32.5. The summed E-state index contributed by atoms with van der Waals surface area (Å²) in [5.41, 5.74) is 16.8. The Labute approximate surface area is 338 Å². The SMILES string of the molecule is Cc1cc(C)cc(-n2c3c(c4cc(-c5cccc(-c6ccc7c8ccccc8n(C8=NC(c9ccccc9)=NC(c9ccccc9)N8)c7c6)c5)ccc42)CCC=C3)c1. The monoisotopic (exact) mass is 747 g/mol. The molecule has 1 aliphatic carbocycles. The first-order valence-electron chi connectivity index (χ1n) is 20.2. The van der Waals surface area contributed by atoms with Gasteiger partial charge < -0.3 is 9.88 Å². The van der Waals surface area contributed by atoms with Gasteiger partial charge in [0, 0.05) is 33.1 Å². The Morgan fingerprint density at radius 1 is 0.534 bits per heavy atom. The molecule has 3 heterocycles. The first-order chi connectivity index (χ1) is 28.6. The van der Waals surface area contributed by atoms with E-state index < -0.39 is 0 Å². The number of nitrogens with one attached hydrogen (secondary N) is 1. The van der Waals surface area contributed by atoms with Gasteiger partial charge in [-0.15, -0.1) is 0 Å². The van der Waals surface area contributed by atoms with E-state index in [-0.39, 0.29) is 6.17 Å². The number of allylic oxidation sites excluding steroid dienone is 1. The fraction of sp³-hybridized carbons (Fsp3) is 0.0943. The van der Waals surface area contributed by atoms with Crippen LogP contribution in [0.5, 0.6) is 0 Å². The second-order valence-electron chi connectivity index (χ2n) is 15.6. The summed E-state index contributed by atoms with van der Waals surface area (Å²) in [6, 6.07) is 59.0. The lowest BCUT2D eigenvalue weighted by molar-refractivity contribution is 0.661. The Morgan fingerprint density at radius 2 is 1.19 bits per heavy atom. The number of para-hydroxylation sites is 1. The van der Waals surface area contributed by atoms with Crippen LogP contribution in [0.25, 0.3) is 66.7 Å². The van der Waals surface area contributed by atoms with E-state index in [0.29, 0.717) is 5.84 Å². The molecular formula is C53H41N5. The fourth-order valence-corrected chi connectivity index (χ4v) is 9.10. The van der Waals surface area contributed by atoms with Crippen molar-refractivity contribution in [3.63, 3.8) is 0 Å². The topological polar surface area (TPSA) is 46.6 Å². The van der Waals surface area contributed by atoms with Crippen LogP contribution in [-0.4, -0.2) is 20.9 Å². The molecular weight excluding hydrogens is 707 g/mol. The average Bonchev–Trinajstić information content (AvgIpc) is 3.79. The molecule has 0 fully saturated rings. The smallest absolute Gasteiger partial charge is 0.211 e. The van der Waals surface area contributed by atoms with Gasteiger partial charge in [0.15, 0.2) is 5.84 Å². The van der Waals surface area contributed by atoms with Crippen LogP contribution in [0.1, 0.15) is 46.1 Å². The van der Waals surface area contributed by atoms with Crippen LogP contribution in [0, 0.1) is 13.8 Å². The fourth-order valence-electron chi connectivity index (χ4n) is 9.10. The molecule has 1 atom stereocenters. The molecule has 0 radical (unpaired) electrons. The van der Waals surface area contributed by atoms with Gasteiger partial charge in [-0.05, 0) is 120 Å². The van der Waals surface area contributed by atoms with Crippen LogP contribution < -0.4 is 5.32 Å². The number of amidine groups is 1. The van der Waals surface area contributed by atoms with Crippen molar-refractivity contribution in [2.24, 2.45) is 9.98 Å². The molecule has 278 valence electrons. The molecule has 1 unspecified atom stereocenters. The maximum atomic E-state index is 5.22. The van der Waals surface area contributed by atoms with E-state index >= 15 is 0 Å². The van der Waals surface area contributed by atoms with E-state index in [4.69, 9.17) is 9.98 Å². The molecule has 2 aromatic heterocycles. The van der Waals surface area contributed by atoms with Gasteiger partial charge in [0.05, 0.1) is 16.6 Å². The molecule has 11 rings (SSSR count). The summed E-state index contributed by atoms with van der Waals surface area (Å²) in [5.74, 6) is 1.45. The lowest BCUT2D eigenvalue weighted by Gasteiger charge is -2.24. The number of fused-ring (bicyclic) bond motifs is 6. The third-order valence-electron chi connectivity index (χ3n) is 11.7. The third kappa shape index (κ3) is 5.78. The molecule has 0 saturated carbocycles. The third-order valence-corrected chi connectivity index (χ3v) is 11.7. The molecule has 0 bridgehead atoms. The van der Waals surface area contributed by atoms with Crippen molar-refractivity contribution >= 4 is 50.6 Å². The number of benzene rings is 7. The molecule has 5 nitrogen and oxygen atoms in total. The van der Waals surface area contributed by atoms with Crippen LogP contribution in [0.4, 0.5) is 0 Å². The molecule has 7 aromatic carbocycles. The number of hydrogen-bond acceptors (Lipinski definition) is 3. The molecule has 0 spiro atoms. The number of aromatic nitrogens is 2. The molecule has 1 N–H and O–H groups in total. The summed E-state index contributed by atoms with van der Waals surface area (Å²) >= 11 is 0. The molecule has 0 saturated heterocycles. The quantitative estimate of drug-likeness (QED) is 0.187. The summed E-state index contributed by atoms with van der Waals surface area (Å²) < 4.78 is 4.73. The first-order valence-corrected chi connectivity index (χ1v) is 20.2. The highest BCUT2D eigenvalue weighted by atomic mass is 15.3. The van der Waals surface area contributed by atoms with Gasteiger partial charge in [0.1, 0.15) is 6.17 Å². The van der Waals surface area contributed by atoms with Gasteiger partial charge in [-0.1, -0.05) is 127 Å². The van der Waals surface area contributed by atoms with E-state index in [9.17, 15) is 0 Å². The van der Waals surface area contributed by atoms with Gasteiger partial charge in [0.25, 0.3) is 0 Å². The lowest BCUT2D eigenvalue weighted by Crippen LogP contribution is -2.37. The second-order valence-corrected chi connectivity index (χ2v) is 15.6. The maximum absolute atomic E-state index is 5.22. The van der Waals surface area contributed by atoms with Crippen LogP contribution in [0.15, 0.2) is 180 Å². The standard InChI is InChI=1S/C53H41N5/c1-34-28-35(2)30-42(29-34)57-47-22-11-10-21-44(47)46-32-40(25-27-49(46)57)38-18-13-19-39(31-38)41-24-26-45-43-20-9-12-23-48(43)58(50(45)33-41)53-55-51(36-14-5-3-6-15-36)54-52(56-53)37-16-7-4-8-17-37/h3-9,11-20,22-33,51H,10,21H2,1-2H3,(H,54,55,56). The Kier molecular flexibility index (Phi) is 8.07. The number of aryl methyl sites for hydroxylation is 3. The number of rotatable bonds is 5. The molecule has 9 aromatic rings. The predicted octanol–water partition coefficient (Wildman–Crippen LogP) is 12.6. The van der Waals surface area contributed by atoms with Crippen LogP contribution in [-0.2, 0) is 6.42 Å². The van der Waals surface area contributed by atoms with E-state index in [1.54, 1.807) is 0 Å². The summed E-state index contributed by atoms with van der Waals surface area (Å²) in [7, 11) is 0. The first kappa shape index (κ1) is 34.0. The predicted molar refractivity (Wildman–Crippen MR) is 242 cm³/mol. The van der Waals surface area contributed by atoms with Gasteiger partial charge in [-0.25, -0.2) is 4.99 Å². The molecule has 58 heavy (non-hydrogen) atoms. The average molecular weight is 748 g/mol. The zero-order chi connectivity index (χ0) is 38.7. The van der Waals surface area contributed by atoms with Crippen molar-refractivity contribution in [1.29, 1.82) is 0 Å². The number of aliphatic imine (C=N–C) groups is 2. The lowest BCUT2D eigenvalue weighted by atomic mass is 9.95. The van der Waals surface area contributed by atoms with Crippen molar-refractivity contribution in [2.45, 2.75) is 32.9 Å². The van der Waals surface area contributed by atoms with Gasteiger partial charge >= 0.3 is 0 Å². The number of nitrogens with zero attached hydrogens (tertiary/aromatic N) is 4. The minimum atomic E-state index is -0.295. The Hall–Kier alpha value is -7.24. The molecule has 2 aliphatic rings. The Morgan fingerprint density at radius 3 is 2.00 bits per heavy atom.